The van der Waals surface area contributed by atoms with E-state index >= 15 is 0 Å². The second-order valence-electron chi connectivity index (χ2n) is 3.97. The maximum Gasteiger partial charge on any atom is 0.0866 e. The Bertz CT molecular complexity index is 710. The number of aromatic nitrogens is 1. The summed E-state index contributed by atoms with van der Waals surface area (Å²) in [5, 5.41) is 1.67. The van der Waals surface area contributed by atoms with Crippen molar-refractivity contribution >= 4 is 38.4 Å². The maximum atomic E-state index is 6.39. The van der Waals surface area contributed by atoms with Gasteiger partial charge in [-0.1, -0.05) is 60.1 Å². The lowest BCUT2D eigenvalue weighted by Crippen LogP contribution is -1.89. The van der Waals surface area contributed by atoms with Gasteiger partial charge < -0.3 is 0 Å². The van der Waals surface area contributed by atoms with Gasteiger partial charge in [-0.05, 0) is 22.0 Å². The molecule has 0 radical (unpaired) electrons. The van der Waals surface area contributed by atoms with Crippen LogP contribution in [0.25, 0.3) is 22.2 Å². The first kappa shape index (κ1) is 11.7. The minimum Gasteiger partial charge on any atom is -0.246 e. The third-order valence-corrected chi connectivity index (χ3v) is 4.21. The van der Waals surface area contributed by atoms with Gasteiger partial charge in [0.15, 0.2) is 0 Å². The minimum absolute atomic E-state index is 0.708. The summed E-state index contributed by atoms with van der Waals surface area (Å²) in [4.78, 5) is 4.67. The van der Waals surface area contributed by atoms with Gasteiger partial charge >= 0.3 is 0 Å². The molecule has 0 saturated heterocycles. The van der Waals surface area contributed by atoms with Gasteiger partial charge in [0.05, 0.1) is 20.7 Å². The highest BCUT2D eigenvalue weighted by Gasteiger charge is 2.12. The van der Waals surface area contributed by atoms with Crippen LogP contribution < -0.4 is 0 Å². The van der Waals surface area contributed by atoms with Crippen LogP contribution in [0.1, 0.15) is 0 Å². The van der Waals surface area contributed by atoms with Crippen LogP contribution in [0.3, 0.4) is 0 Å². The van der Waals surface area contributed by atoms with E-state index in [1.54, 1.807) is 0 Å². The fourth-order valence-electron chi connectivity index (χ4n) is 1.94. The summed E-state index contributed by atoms with van der Waals surface area (Å²) in [6.07, 6.45) is 0. The Hall–Kier alpha value is -1.38. The lowest BCUT2D eigenvalue weighted by molar-refractivity contribution is 1.38. The van der Waals surface area contributed by atoms with Crippen molar-refractivity contribution in [3.63, 3.8) is 0 Å². The Balaban J connectivity index is 2.34. The highest BCUT2D eigenvalue weighted by Crippen LogP contribution is 2.37. The van der Waals surface area contributed by atoms with Crippen molar-refractivity contribution in [1.29, 1.82) is 0 Å². The fourth-order valence-corrected chi connectivity index (χ4v) is 2.72. The first-order valence-electron chi connectivity index (χ1n) is 5.56. The standard InChI is InChI=1S/C15H9BrClN/c16-13-14(17)11-8-4-5-9-12(11)18-15(13)10-6-2-1-3-7-10/h1-9H. The molecular formula is C15H9BrClN. The second kappa shape index (κ2) is 4.71. The average Bonchev–Trinajstić information content (AvgIpc) is 2.44. The molecule has 0 N–H and O–H groups in total. The number of para-hydroxylation sites is 1. The molecule has 0 atom stereocenters. The number of hydrogen-bond acceptors (Lipinski definition) is 1. The van der Waals surface area contributed by atoms with Crippen molar-refractivity contribution in [2.75, 3.05) is 0 Å². The lowest BCUT2D eigenvalue weighted by Gasteiger charge is -2.08. The van der Waals surface area contributed by atoms with Crippen LogP contribution in [0, 0.1) is 0 Å². The Labute approximate surface area is 119 Å². The van der Waals surface area contributed by atoms with Gasteiger partial charge in [0.2, 0.25) is 0 Å². The predicted molar refractivity (Wildman–Crippen MR) is 79.9 cm³/mol. The van der Waals surface area contributed by atoms with Gasteiger partial charge in [0.1, 0.15) is 0 Å². The van der Waals surface area contributed by atoms with Gasteiger partial charge in [-0.15, -0.1) is 0 Å². The fraction of sp³-hybridized carbons (Fsp3) is 0. The van der Waals surface area contributed by atoms with Crippen LogP contribution >= 0.6 is 27.5 Å². The van der Waals surface area contributed by atoms with E-state index < -0.39 is 0 Å². The van der Waals surface area contributed by atoms with Crippen molar-refractivity contribution in [1.82, 2.24) is 4.98 Å². The van der Waals surface area contributed by atoms with Crippen molar-refractivity contribution in [3.05, 3.63) is 64.1 Å². The lowest BCUT2D eigenvalue weighted by atomic mass is 10.1. The molecule has 3 rings (SSSR count). The summed E-state index contributed by atoms with van der Waals surface area (Å²) >= 11 is 9.94. The molecule has 0 spiro atoms. The summed E-state index contributed by atoms with van der Waals surface area (Å²) in [7, 11) is 0. The first-order chi connectivity index (χ1) is 8.77. The first-order valence-corrected chi connectivity index (χ1v) is 6.73. The molecule has 0 aliphatic heterocycles. The van der Waals surface area contributed by atoms with Crippen LogP contribution in [0.15, 0.2) is 59.1 Å². The summed E-state index contributed by atoms with van der Waals surface area (Å²) < 4.78 is 0.842. The van der Waals surface area contributed by atoms with Crippen molar-refractivity contribution in [2.45, 2.75) is 0 Å². The minimum atomic E-state index is 0.708. The van der Waals surface area contributed by atoms with E-state index in [1.807, 2.05) is 54.6 Å². The molecule has 3 aromatic rings. The second-order valence-corrected chi connectivity index (χ2v) is 5.14. The van der Waals surface area contributed by atoms with E-state index in [-0.39, 0.29) is 0 Å². The van der Waals surface area contributed by atoms with E-state index in [9.17, 15) is 0 Å². The monoisotopic (exact) mass is 317 g/mol. The van der Waals surface area contributed by atoms with E-state index in [1.165, 1.54) is 0 Å². The quantitative estimate of drug-likeness (QED) is 0.592. The Morgan fingerprint density at radius 1 is 0.889 bits per heavy atom. The maximum absolute atomic E-state index is 6.39. The predicted octanol–water partition coefficient (Wildman–Crippen LogP) is 5.32. The van der Waals surface area contributed by atoms with Gasteiger partial charge in [-0.3, -0.25) is 0 Å². The van der Waals surface area contributed by atoms with Crippen LogP contribution in [-0.4, -0.2) is 4.98 Å². The van der Waals surface area contributed by atoms with Crippen LogP contribution in [0.2, 0.25) is 5.02 Å². The van der Waals surface area contributed by atoms with Crippen molar-refractivity contribution in [2.24, 2.45) is 0 Å². The normalized spacial score (nSPS) is 10.8. The number of halogens is 2. The summed E-state index contributed by atoms with van der Waals surface area (Å²) in [6, 6.07) is 17.9. The molecule has 18 heavy (non-hydrogen) atoms. The topological polar surface area (TPSA) is 12.9 Å². The molecule has 0 fully saturated rings. The number of pyridine rings is 1. The molecule has 0 saturated carbocycles. The number of rotatable bonds is 1. The van der Waals surface area contributed by atoms with E-state index in [2.05, 4.69) is 20.9 Å². The molecule has 3 heteroatoms. The van der Waals surface area contributed by atoms with Gasteiger partial charge in [0.25, 0.3) is 0 Å². The Morgan fingerprint density at radius 2 is 1.56 bits per heavy atom. The van der Waals surface area contributed by atoms with Crippen molar-refractivity contribution < 1.29 is 0 Å². The number of hydrogen-bond donors (Lipinski definition) is 0. The van der Waals surface area contributed by atoms with E-state index in [4.69, 9.17) is 11.6 Å². The molecule has 1 aromatic heterocycles. The molecule has 0 aliphatic carbocycles. The van der Waals surface area contributed by atoms with E-state index in [0.29, 0.717) is 5.02 Å². The van der Waals surface area contributed by atoms with Crippen molar-refractivity contribution in [3.8, 4) is 11.3 Å². The molecule has 0 amide bonds. The van der Waals surface area contributed by atoms with Gasteiger partial charge in [0, 0.05) is 10.9 Å². The zero-order valence-corrected chi connectivity index (χ0v) is 11.7. The van der Waals surface area contributed by atoms with Gasteiger partial charge in [-0.25, -0.2) is 4.98 Å². The van der Waals surface area contributed by atoms with Crippen LogP contribution in [0.4, 0.5) is 0 Å². The van der Waals surface area contributed by atoms with Crippen LogP contribution in [-0.2, 0) is 0 Å². The molecule has 0 bridgehead atoms. The molecule has 2 aromatic carbocycles. The summed E-state index contributed by atoms with van der Waals surface area (Å²) in [5.41, 5.74) is 2.83. The molecule has 0 unspecified atom stereocenters. The largest absolute Gasteiger partial charge is 0.246 e. The zero-order valence-electron chi connectivity index (χ0n) is 9.40. The highest BCUT2D eigenvalue weighted by molar-refractivity contribution is 9.10. The number of nitrogens with zero attached hydrogens (tertiary/aromatic N) is 1. The Kier molecular flexibility index (Phi) is 3.06. The molecule has 1 heterocycles. The van der Waals surface area contributed by atoms with Gasteiger partial charge in [-0.2, -0.15) is 0 Å². The third-order valence-electron chi connectivity index (χ3n) is 2.82. The van der Waals surface area contributed by atoms with Crippen LogP contribution in [0.5, 0.6) is 0 Å². The number of fused-ring (bicyclic) bond motifs is 1. The SMILES string of the molecule is Clc1c(Br)c(-c2ccccc2)nc2ccccc12. The summed E-state index contributed by atoms with van der Waals surface area (Å²) in [5.74, 6) is 0. The Morgan fingerprint density at radius 3 is 2.33 bits per heavy atom. The third kappa shape index (κ3) is 1.92. The molecule has 1 nitrogen and oxygen atoms in total. The summed E-state index contributed by atoms with van der Waals surface area (Å²) in [6.45, 7) is 0. The van der Waals surface area contributed by atoms with E-state index in [0.717, 1.165) is 26.6 Å². The highest BCUT2D eigenvalue weighted by atomic mass is 79.9. The average molecular weight is 319 g/mol. The molecule has 88 valence electrons. The molecular weight excluding hydrogens is 310 g/mol. The zero-order chi connectivity index (χ0) is 12.5. The smallest absolute Gasteiger partial charge is 0.0866 e. The molecule has 0 aliphatic rings. The number of benzene rings is 2.